The number of methoxy groups -OCH3 is 1. The zero-order valence-electron chi connectivity index (χ0n) is 14.1. The summed E-state index contributed by atoms with van der Waals surface area (Å²) in [6.07, 6.45) is 0.713. The largest absolute Gasteiger partial charge is 0.497 e. The maximum absolute atomic E-state index is 11.9. The number of ether oxygens (including phenoxy) is 1. The average molecular weight is 308 g/mol. The lowest BCUT2D eigenvalue weighted by atomic mass is 9.93. The lowest BCUT2D eigenvalue weighted by Gasteiger charge is -2.28. The van der Waals surface area contributed by atoms with Crippen LogP contribution in [-0.2, 0) is 6.42 Å². The van der Waals surface area contributed by atoms with Crippen LogP contribution in [0.2, 0.25) is 0 Å². The fraction of sp³-hybridized carbons (Fsp3) is 0.588. The van der Waals surface area contributed by atoms with Gasteiger partial charge in [-0.2, -0.15) is 0 Å². The molecule has 0 aliphatic heterocycles. The molecule has 0 spiro atoms. The summed E-state index contributed by atoms with van der Waals surface area (Å²) in [5, 5.41) is 15.7. The highest BCUT2D eigenvalue weighted by Gasteiger charge is 2.25. The number of aliphatic hydroxyl groups is 1. The highest BCUT2D eigenvalue weighted by atomic mass is 16.5. The molecule has 0 bridgehead atoms. The number of amides is 2. The fourth-order valence-electron chi connectivity index (χ4n) is 1.94. The lowest BCUT2D eigenvalue weighted by molar-refractivity contribution is 0.0165. The smallest absolute Gasteiger partial charge is 0.315 e. The van der Waals surface area contributed by atoms with Crippen molar-refractivity contribution in [2.24, 2.45) is 5.92 Å². The van der Waals surface area contributed by atoms with E-state index in [2.05, 4.69) is 10.6 Å². The predicted molar refractivity (Wildman–Crippen MR) is 88.2 cm³/mol. The maximum Gasteiger partial charge on any atom is 0.315 e. The number of urea groups is 1. The van der Waals surface area contributed by atoms with E-state index in [1.54, 1.807) is 14.0 Å². The molecule has 2 amide bonds. The topological polar surface area (TPSA) is 70.6 Å². The SMILES string of the molecule is COc1cccc(CC(C)NC(=O)NCC(C)(O)C(C)C)c1. The number of carbonyl (C=O) groups is 1. The standard InChI is InChI=1S/C17H28N2O3/c1-12(2)17(4,21)11-18-16(20)19-13(3)9-14-7-6-8-15(10-14)22-5/h6-8,10,12-13,21H,9,11H2,1-5H3,(H2,18,19,20). The van der Waals surface area contributed by atoms with E-state index in [1.165, 1.54) is 0 Å². The molecule has 3 N–H and O–H groups in total. The Morgan fingerprint density at radius 2 is 2.05 bits per heavy atom. The Hall–Kier alpha value is -1.75. The van der Waals surface area contributed by atoms with E-state index in [9.17, 15) is 9.90 Å². The minimum absolute atomic E-state index is 0.0175. The summed E-state index contributed by atoms with van der Waals surface area (Å²) in [4.78, 5) is 11.9. The minimum atomic E-state index is -0.909. The number of hydrogen-bond donors (Lipinski definition) is 3. The van der Waals surface area contributed by atoms with Gasteiger partial charge in [0.15, 0.2) is 0 Å². The molecule has 0 heterocycles. The Morgan fingerprint density at radius 1 is 1.36 bits per heavy atom. The lowest BCUT2D eigenvalue weighted by Crippen LogP contribution is -2.49. The van der Waals surface area contributed by atoms with E-state index < -0.39 is 5.60 Å². The second-order valence-electron chi connectivity index (χ2n) is 6.30. The number of benzene rings is 1. The van der Waals surface area contributed by atoms with E-state index in [1.807, 2.05) is 45.0 Å². The van der Waals surface area contributed by atoms with Gasteiger partial charge in [-0.25, -0.2) is 4.79 Å². The highest BCUT2D eigenvalue weighted by molar-refractivity contribution is 5.74. The van der Waals surface area contributed by atoms with Crippen molar-refractivity contribution < 1.29 is 14.6 Å². The van der Waals surface area contributed by atoms with Gasteiger partial charge in [0.25, 0.3) is 0 Å². The Bertz CT molecular complexity index is 487. The monoisotopic (exact) mass is 308 g/mol. The molecule has 5 heteroatoms. The molecule has 1 rings (SSSR count). The van der Waals surface area contributed by atoms with Crippen molar-refractivity contribution in [1.82, 2.24) is 10.6 Å². The minimum Gasteiger partial charge on any atom is -0.497 e. The molecule has 1 aromatic rings. The van der Waals surface area contributed by atoms with E-state index in [4.69, 9.17) is 4.74 Å². The summed E-state index contributed by atoms with van der Waals surface area (Å²) in [5.41, 5.74) is 0.189. The molecule has 2 atom stereocenters. The summed E-state index contributed by atoms with van der Waals surface area (Å²) < 4.78 is 5.19. The van der Waals surface area contributed by atoms with Gasteiger partial charge in [-0.05, 0) is 43.9 Å². The second-order valence-corrected chi connectivity index (χ2v) is 6.30. The second kappa shape index (κ2) is 8.03. The summed E-state index contributed by atoms with van der Waals surface area (Å²) in [7, 11) is 1.63. The Morgan fingerprint density at radius 3 is 2.64 bits per heavy atom. The van der Waals surface area contributed by atoms with Crippen LogP contribution in [0.4, 0.5) is 4.79 Å². The van der Waals surface area contributed by atoms with Gasteiger partial charge in [0.2, 0.25) is 0 Å². The molecule has 1 aromatic carbocycles. The van der Waals surface area contributed by atoms with Crippen molar-refractivity contribution in [3.63, 3.8) is 0 Å². The number of hydrogen-bond acceptors (Lipinski definition) is 3. The summed E-state index contributed by atoms with van der Waals surface area (Å²) >= 11 is 0. The zero-order valence-corrected chi connectivity index (χ0v) is 14.1. The third-order valence-electron chi connectivity index (χ3n) is 3.90. The quantitative estimate of drug-likeness (QED) is 0.724. The van der Waals surface area contributed by atoms with Gasteiger partial charge < -0.3 is 20.5 Å². The maximum atomic E-state index is 11.9. The molecule has 22 heavy (non-hydrogen) atoms. The molecule has 124 valence electrons. The normalized spacial score (nSPS) is 15.0. The van der Waals surface area contributed by atoms with Crippen LogP contribution in [-0.4, -0.2) is 36.4 Å². The van der Waals surface area contributed by atoms with Crippen LogP contribution in [0.1, 0.15) is 33.3 Å². The summed E-state index contributed by atoms with van der Waals surface area (Å²) in [5.74, 6) is 0.879. The van der Waals surface area contributed by atoms with Crippen LogP contribution in [0.5, 0.6) is 5.75 Å². The van der Waals surface area contributed by atoms with Crippen molar-refractivity contribution in [1.29, 1.82) is 0 Å². The molecular weight excluding hydrogens is 280 g/mol. The van der Waals surface area contributed by atoms with Gasteiger partial charge >= 0.3 is 6.03 Å². The van der Waals surface area contributed by atoms with Crippen molar-refractivity contribution in [3.8, 4) is 5.75 Å². The fourth-order valence-corrected chi connectivity index (χ4v) is 1.94. The van der Waals surface area contributed by atoms with E-state index in [-0.39, 0.29) is 24.5 Å². The van der Waals surface area contributed by atoms with Crippen molar-refractivity contribution >= 4 is 6.03 Å². The Balaban J connectivity index is 2.44. The van der Waals surface area contributed by atoms with E-state index >= 15 is 0 Å². The van der Waals surface area contributed by atoms with Gasteiger partial charge in [0.05, 0.1) is 12.7 Å². The van der Waals surface area contributed by atoms with Gasteiger partial charge in [0.1, 0.15) is 5.75 Å². The van der Waals surface area contributed by atoms with Crippen LogP contribution in [0.15, 0.2) is 24.3 Å². The third kappa shape index (κ3) is 5.93. The number of rotatable bonds is 7. The first-order chi connectivity index (χ1) is 10.2. The van der Waals surface area contributed by atoms with E-state index in [0.717, 1.165) is 11.3 Å². The van der Waals surface area contributed by atoms with E-state index in [0.29, 0.717) is 6.42 Å². The first-order valence-electron chi connectivity index (χ1n) is 7.64. The molecule has 5 nitrogen and oxygen atoms in total. The highest BCUT2D eigenvalue weighted by Crippen LogP contribution is 2.15. The molecule has 0 fully saturated rings. The molecule has 2 unspecified atom stereocenters. The van der Waals surface area contributed by atoms with Crippen molar-refractivity contribution in [2.75, 3.05) is 13.7 Å². The van der Waals surface area contributed by atoms with Crippen LogP contribution >= 0.6 is 0 Å². The molecule has 0 radical (unpaired) electrons. The number of carbonyl (C=O) groups excluding carboxylic acids is 1. The van der Waals surface area contributed by atoms with Crippen LogP contribution in [0.3, 0.4) is 0 Å². The number of nitrogens with one attached hydrogen (secondary N) is 2. The van der Waals surface area contributed by atoms with Gasteiger partial charge in [0, 0.05) is 12.6 Å². The van der Waals surface area contributed by atoms with Crippen molar-refractivity contribution in [3.05, 3.63) is 29.8 Å². The molecule has 0 aliphatic carbocycles. The third-order valence-corrected chi connectivity index (χ3v) is 3.90. The van der Waals surface area contributed by atoms with Crippen LogP contribution in [0, 0.1) is 5.92 Å². The summed E-state index contributed by atoms with van der Waals surface area (Å²) in [6.45, 7) is 7.73. The Kier molecular flexibility index (Phi) is 6.68. The molecule has 0 saturated carbocycles. The average Bonchev–Trinajstić information content (AvgIpc) is 2.45. The van der Waals surface area contributed by atoms with Crippen molar-refractivity contribution in [2.45, 2.75) is 45.8 Å². The first kappa shape index (κ1) is 18.3. The summed E-state index contributed by atoms with van der Waals surface area (Å²) in [6, 6.07) is 7.50. The van der Waals surface area contributed by atoms with Gasteiger partial charge in [-0.15, -0.1) is 0 Å². The van der Waals surface area contributed by atoms with Crippen LogP contribution < -0.4 is 15.4 Å². The van der Waals surface area contributed by atoms with Gasteiger partial charge in [-0.1, -0.05) is 26.0 Å². The van der Waals surface area contributed by atoms with Gasteiger partial charge in [-0.3, -0.25) is 0 Å². The Labute approximate surface area is 133 Å². The van der Waals surface area contributed by atoms with Crippen LogP contribution in [0.25, 0.3) is 0 Å². The molecule has 0 saturated heterocycles. The molecule has 0 aliphatic rings. The zero-order chi connectivity index (χ0) is 16.8. The molecule has 0 aromatic heterocycles. The predicted octanol–water partition coefficient (Wildman–Crippen LogP) is 2.33. The first-order valence-corrected chi connectivity index (χ1v) is 7.64. The molecular formula is C17H28N2O3.